The highest BCUT2D eigenvalue weighted by atomic mass is 16.5. The van der Waals surface area contributed by atoms with Crippen LogP contribution in [0, 0.1) is 5.92 Å². The Morgan fingerprint density at radius 2 is 1.76 bits per heavy atom. The maximum atomic E-state index is 13.3. The first kappa shape index (κ1) is 18.8. The molecule has 0 aromatic heterocycles. The van der Waals surface area contributed by atoms with Crippen molar-refractivity contribution < 1.29 is 19.1 Å². The zero-order chi connectivity index (χ0) is 20.0. The summed E-state index contributed by atoms with van der Waals surface area (Å²) in [6, 6.07) is 5.33. The fraction of sp³-hybridized carbons (Fsp3) is 0.609. The maximum Gasteiger partial charge on any atom is 0.261 e. The molecule has 3 heterocycles. The van der Waals surface area contributed by atoms with Crippen molar-refractivity contribution in [2.75, 3.05) is 19.7 Å². The number of fused-ring (bicyclic) bond motifs is 2. The van der Waals surface area contributed by atoms with Gasteiger partial charge in [-0.1, -0.05) is 12.8 Å². The third kappa shape index (κ3) is 3.27. The van der Waals surface area contributed by atoms with Crippen LogP contribution in [-0.4, -0.2) is 59.4 Å². The molecule has 1 aromatic carbocycles. The lowest BCUT2D eigenvalue weighted by atomic mass is 9.78. The quantitative estimate of drug-likeness (QED) is 0.736. The molecular weight excluding hydrogens is 368 g/mol. The number of imide groups is 1. The number of benzene rings is 1. The minimum atomic E-state index is -0.302. The van der Waals surface area contributed by atoms with Crippen molar-refractivity contribution in [1.82, 2.24) is 9.80 Å². The van der Waals surface area contributed by atoms with Gasteiger partial charge < -0.3 is 9.64 Å². The van der Waals surface area contributed by atoms with Gasteiger partial charge in [0.15, 0.2) is 0 Å². The fourth-order valence-corrected chi connectivity index (χ4v) is 5.62. The molecule has 0 N–H and O–H groups in total. The first-order valence-electron chi connectivity index (χ1n) is 11.1. The third-order valence-corrected chi connectivity index (χ3v) is 7.13. The Labute approximate surface area is 171 Å². The van der Waals surface area contributed by atoms with Crippen LogP contribution in [0.3, 0.4) is 0 Å². The summed E-state index contributed by atoms with van der Waals surface area (Å²) >= 11 is 0. The Kier molecular flexibility index (Phi) is 4.90. The molecule has 0 radical (unpaired) electrons. The van der Waals surface area contributed by atoms with E-state index in [0.29, 0.717) is 41.8 Å². The molecule has 1 aliphatic carbocycles. The SMILES string of the molecule is O=C1c2ccc(C(=O)N3CCCC4CCCCC43)cc2C(=O)N1CC1CCCO1. The summed E-state index contributed by atoms with van der Waals surface area (Å²) in [6.07, 6.45) is 8.75. The monoisotopic (exact) mass is 396 g/mol. The van der Waals surface area contributed by atoms with Crippen LogP contribution < -0.4 is 0 Å². The lowest BCUT2D eigenvalue weighted by Crippen LogP contribution is -2.49. The van der Waals surface area contributed by atoms with Crippen LogP contribution in [-0.2, 0) is 4.74 Å². The molecule has 6 nitrogen and oxygen atoms in total. The number of hydrogen-bond acceptors (Lipinski definition) is 4. The van der Waals surface area contributed by atoms with Crippen molar-refractivity contribution >= 4 is 17.7 Å². The predicted molar refractivity (Wildman–Crippen MR) is 107 cm³/mol. The number of rotatable bonds is 3. The average Bonchev–Trinajstić information content (AvgIpc) is 3.36. The standard InChI is InChI=1S/C23H28N2O4/c26-21(24-11-3-6-15-5-1-2-8-20(15)24)16-9-10-18-19(13-16)23(28)25(22(18)27)14-17-7-4-12-29-17/h9-10,13,15,17,20H,1-8,11-12,14H2. The van der Waals surface area contributed by atoms with Crippen molar-refractivity contribution in [2.24, 2.45) is 5.92 Å². The van der Waals surface area contributed by atoms with Gasteiger partial charge >= 0.3 is 0 Å². The van der Waals surface area contributed by atoms with E-state index in [1.165, 1.54) is 30.6 Å². The second-order valence-corrected chi connectivity index (χ2v) is 8.87. The average molecular weight is 396 g/mol. The summed E-state index contributed by atoms with van der Waals surface area (Å²) in [6.45, 7) is 1.77. The van der Waals surface area contributed by atoms with Crippen LogP contribution in [0.5, 0.6) is 0 Å². The van der Waals surface area contributed by atoms with Gasteiger partial charge in [0.2, 0.25) is 0 Å². The normalized spacial score (nSPS) is 29.2. The largest absolute Gasteiger partial charge is 0.376 e. The molecule has 6 heteroatoms. The van der Waals surface area contributed by atoms with Gasteiger partial charge in [0.25, 0.3) is 17.7 Å². The molecule has 0 bridgehead atoms. The molecule has 1 aromatic rings. The molecule has 3 fully saturated rings. The number of likely N-dealkylation sites (tertiary alicyclic amines) is 1. The van der Waals surface area contributed by atoms with Crippen molar-refractivity contribution in [3.63, 3.8) is 0 Å². The van der Waals surface area contributed by atoms with E-state index in [-0.39, 0.29) is 23.8 Å². The van der Waals surface area contributed by atoms with Crippen LogP contribution in [0.2, 0.25) is 0 Å². The molecule has 5 rings (SSSR count). The van der Waals surface area contributed by atoms with E-state index in [2.05, 4.69) is 0 Å². The molecule has 0 spiro atoms. The Hall–Kier alpha value is -2.21. The minimum absolute atomic E-state index is 0.00206. The molecule has 4 aliphatic rings. The maximum absolute atomic E-state index is 13.3. The predicted octanol–water partition coefficient (Wildman–Crippen LogP) is 3.26. The van der Waals surface area contributed by atoms with Gasteiger partial charge in [0, 0.05) is 24.8 Å². The van der Waals surface area contributed by atoms with Crippen LogP contribution >= 0.6 is 0 Å². The summed E-state index contributed by atoms with van der Waals surface area (Å²) in [5, 5.41) is 0. The summed E-state index contributed by atoms with van der Waals surface area (Å²) in [5.74, 6) is 0.0392. The van der Waals surface area contributed by atoms with Crippen LogP contribution in [0.1, 0.15) is 82.4 Å². The molecule has 1 saturated carbocycles. The lowest BCUT2D eigenvalue weighted by molar-refractivity contribution is 0.0390. The lowest BCUT2D eigenvalue weighted by Gasteiger charge is -2.44. The number of piperidine rings is 1. The number of carbonyl (C=O) groups is 3. The Morgan fingerprint density at radius 3 is 2.59 bits per heavy atom. The minimum Gasteiger partial charge on any atom is -0.376 e. The number of ether oxygens (including phenoxy) is 1. The first-order valence-corrected chi connectivity index (χ1v) is 11.1. The molecule has 154 valence electrons. The van der Waals surface area contributed by atoms with Crippen LogP contribution in [0.15, 0.2) is 18.2 Å². The molecule has 2 saturated heterocycles. The second-order valence-electron chi connectivity index (χ2n) is 8.87. The van der Waals surface area contributed by atoms with Crippen LogP contribution in [0.25, 0.3) is 0 Å². The highest BCUT2D eigenvalue weighted by Gasteiger charge is 2.40. The summed E-state index contributed by atoms with van der Waals surface area (Å²) in [7, 11) is 0. The van der Waals surface area contributed by atoms with E-state index in [4.69, 9.17) is 4.74 Å². The molecule has 29 heavy (non-hydrogen) atoms. The zero-order valence-corrected chi connectivity index (χ0v) is 16.8. The van der Waals surface area contributed by atoms with E-state index in [1.54, 1.807) is 18.2 Å². The first-order chi connectivity index (χ1) is 14.1. The van der Waals surface area contributed by atoms with Gasteiger partial charge in [0.05, 0.1) is 23.8 Å². The van der Waals surface area contributed by atoms with Gasteiger partial charge in [-0.25, -0.2) is 0 Å². The third-order valence-electron chi connectivity index (χ3n) is 7.13. The van der Waals surface area contributed by atoms with Gasteiger partial charge in [-0.15, -0.1) is 0 Å². The Bertz CT molecular complexity index is 843. The van der Waals surface area contributed by atoms with Crippen molar-refractivity contribution in [3.8, 4) is 0 Å². The summed E-state index contributed by atoms with van der Waals surface area (Å²) < 4.78 is 5.60. The summed E-state index contributed by atoms with van der Waals surface area (Å²) in [5.41, 5.74) is 1.28. The highest BCUT2D eigenvalue weighted by molar-refractivity contribution is 6.22. The topological polar surface area (TPSA) is 66.9 Å². The molecular formula is C23H28N2O4. The number of carbonyl (C=O) groups excluding carboxylic acids is 3. The summed E-state index contributed by atoms with van der Waals surface area (Å²) in [4.78, 5) is 42.2. The van der Waals surface area contributed by atoms with Gasteiger partial charge in [-0.3, -0.25) is 19.3 Å². The van der Waals surface area contributed by atoms with Crippen molar-refractivity contribution in [2.45, 2.75) is 63.5 Å². The van der Waals surface area contributed by atoms with E-state index < -0.39 is 0 Å². The van der Waals surface area contributed by atoms with Crippen molar-refractivity contribution in [3.05, 3.63) is 34.9 Å². The van der Waals surface area contributed by atoms with Gasteiger partial charge in [-0.05, 0) is 62.6 Å². The fourth-order valence-electron chi connectivity index (χ4n) is 5.62. The molecule has 3 amide bonds. The van der Waals surface area contributed by atoms with E-state index in [9.17, 15) is 14.4 Å². The Balaban J connectivity index is 1.37. The van der Waals surface area contributed by atoms with Gasteiger partial charge in [-0.2, -0.15) is 0 Å². The van der Waals surface area contributed by atoms with Crippen molar-refractivity contribution in [1.29, 1.82) is 0 Å². The van der Waals surface area contributed by atoms with Gasteiger partial charge in [0.1, 0.15) is 0 Å². The number of amides is 3. The molecule has 3 atom stereocenters. The van der Waals surface area contributed by atoms with E-state index in [1.807, 2.05) is 4.90 Å². The Morgan fingerprint density at radius 1 is 0.966 bits per heavy atom. The molecule has 3 aliphatic heterocycles. The zero-order valence-electron chi connectivity index (χ0n) is 16.8. The second kappa shape index (κ2) is 7.56. The number of nitrogens with zero attached hydrogens (tertiary/aromatic N) is 2. The van der Waals surface area contributed by atoms with E-state index in [0.717, 1.165) is 32.2 Å². The van der Waals surface area contributed by atoms with E-state index >= 15 is 0 Å². The van der Waals surface area contributed by atoms with Crippen LogP contribution in [0.4, 0.5) is 0 Å². The number of hydrogen-bond donors (Lipinski definition) is 0. The smallest absolute Gasteiger partial charge is 0.261 e. The molecule has 3 unspecified atom stereocenters. The highest BCUT2D eigenvalue weighted by Crippen LogP contribution is 2.36.